The van der Waals surface area contributed by atoms with Crippen molar-refractivity contribution in [3.8, 4) is 0 Å². The molecule has 1 aromatic carbocycles. The molecule has 0 aliphatic carbocycles. The molecule has 1 aromatic rings. The zero-order chi connectivity index (χ0) is 16.6. The van der Waals surface area contributed by atoms with Crippen molar-refractivity contribution >= 4 is 21.6 Å². The number of hydrogen-bond donors (Lipinski definition) is 0. The van der Waals surface area contributed by atoms with Crippen LogP contribution >= 0.6 is 0 Å². The standard InChI is InChI=1S/C16H22N2O4S/c1-12-10-22-11-13(2)18(12)23(20,21)15-7-5-14(6-8-15)17-9-3-4-16(17)19/h5-8,12-13H,3-4,9-11H2,1-2H3. The topological polar surface area (TPSA) is 66.9 Å². The number of nitrogens with zero attached hydrogens (tertiary/aromatic N) is 2. The predicted octanol–water partition coefficient (Wildman–Crippen LogP) is 1.61. The molecule has 0 radical (unpaired) electrons. The van der Waals surface area contributed by atoms with Gasteiger partial charge in [-0.25, -0.2) is 8.42 Å². The summed E-state index contributed by atoms with van der Waals surface area (Å²) >= 11 is 0. The lowest BCUT2D eigenvalue weighted by molar-refractivity contribution is -0.117. The largest absolute Gasteiger partial charge is 0.378 e. The van der Waals surface area contributed by atoms with Crippen molar-refractivity contribution in [3.63, 3.8) is 0 Å². The number of hydrogen-bond acceptors (Lipinski definition) is 4. The smallest absolute Gasteiger partial charge is 0.243 e. The number of carbonyl (C=O) groups is 1. The molecular formula is C16H22N2O4S. The summed E-state index contributed by atoms with van der Waals surface area (Å²) in [6, 6.07) is 6.22. The van der Waals surface area contributed by atoms with E-state index in [9.17, 15) is 13.2 Å². The number of ether oxygens (including phenoxy) is 1. The Balaban J connectivity index is 1.87. The fourth-order valence-electron chi connectivity index (χ4n) is 3.31. The first-order chi connectivity index (χ1) is 10.9. The third kappa shape index (κ3) is 3.00. The summed E-state index contributed by atoms with van der Waals surface area (Å²) in [6.07, 6.45) is 1.41. The van der Waals surface area contributed by atoms with E-state index in [2.05, 4.69) is 0 Å². The zero-order valence-corrected chi connectivity index (χ0v) is 14.3. The van der Waals surface area contributed by atoms with Gasteiger partial charge in [-0.3, -0.25) is 4.79 Å². The molecule has 2 heterocycles. The van der Waals surface area contributed by atoms with E-state index in [1.807, 2.05) is 13.8 Å². The number of rotatable bonds is 3. The van der Waals surface area contributed by atoms with Crippen LogP contribution < -0.4 is 4.90 Å². The van der Waals surface area contributed by atoms with Crippen molar-refractivity contribution in [2.45, 2.75) is 43.7 Å². The van der Waals surface area contributed by atoms with Gasteiger partial charge in [0, 0.05) is 30.7 Å². The Morgan fingerprint density at radius 3 is 2.22 bits per heavy atom. The average Bonchev–Trinajstić information content (AvgIpc) is 2.93. The van der Waals surface area contributed by atoms with E-state index < -0.39 is 10.0 Å². The Kier molecular flexibility index (Phi) is 4.44. The summed E-state index contributed by atoms with van der Waals surface area (Å²) < 4.78 is 32.7. The fraction of sp³-hybridized carbons (Fsp3) is 0.562. The van der Waals surface area contributed by atoms with Crippen LogP contribution in [0.3, 0.4) is 0 Å². The molecule has 126 valence electrons. The first kappa shape index (κ1) is 16.4. The summed E-state index contributed by atoms with van der Waals surface area (Å²) in [6.45, 7) is 5.21. The molecule has 2 atom stereocenters. The van der Waals surface area contributed by atoms with Crippen LogP contribution in [-0.2, 0) is 19.6 Å². The van der Waals surface area contributed by atoms with E-state index in [0.717, 1.165) is 12.1 Å². The second-order valence-electron chi connectivity index (χ2n) is 6.21. The Morgan fingerprint density at radius 2 is 1.70 bits per heavy atom. The highest BCUT2D eigenvalue weighted by molar-refractivity contribution is 7.89. The number of amides is 1. The van der Waals surface area contributed by atoms with E-state index in [1.165, 1.54) is 4.31 Å². The minimum atomic E-state index is -3.56. The van der Waals surface area contributed by atoms with Crippen molar-refractivity contribution in [3.05, 3.63) is 24.3 Å². The molecule has 2 unspecified atom stereocenters. The van der Waals surface area contributed by atoms with Crippen LogP contribution in [0.2, 0.25) is 0 Å². The molecule has 0 saturated carbocycles. The first-order valence-electron chi connectivity index (χ1n) is 7.93. The number of morpholine rings is 1. The van der Waals surface area contributed by atoms with Crippen molar-refractivity contribution in [2.24, 2.45) is 0 Å². The number of anilines is 1. The third-order valence-corrected chi connectivity index (χ3v) is 6.53. The van der Waals surface area contributed by atoms with Gasteiger partial charge in [0.25, 0.3) is 0 Å². The molecule has 2 aliphatic rings. The maximum Gasteiger partial charge on any atom is 0.243 e. The van der Waals surface area contributed by atoms with E-state index in [-0.39, 0.29) is 22.9 Å². The van der Waals surface area contributed by atoms with Crippen molar-refractivity contribution in [1.82, 2.24) is 4.31 Å². The molecule has 0 spiro atoms. The quantitative estimate of drug-likeness (QED) is 0.840. The molecule has 3 rings (SSSR count). The van der Waals surface area contributed by atoms with Gasteiger partial charge in [-0.2, -0.15) is 4.31 Å². The number of benzene rings is 1. The van der Waals surface area contributed by atoms with Gasteiger partial charge in [0.15, 0.2) is 0 Å². The maximum absolute atomic E-state index is 12.9. The van der Waals surface area contributed by atoms with Crippen molar-refractivity contribution in [1.29, 1.82) is 0 Å². The maximum atomic E-state index is 12.9. The molecule has 2 aliphatic heterocycles. The Bertz CT molecular complexity index is 677. The molecule has 6 nitrogen and oxygen atoms in total. The van der Waals surface area contributed by atoms with Gasteiger partial charge in [0.1, 0.15) is 0 Å². The lowest BCUT2D eigenvalue weighted by atomic mass is 10.2. The molecule has 7 heteroatoms. The van der Waals surface area contributed by atoms with Gasteiger partial charge in [-0.15, -0.1) is 0 Å². The van der Waals surface area contributed by atoms with E-state index in [4.69, 9.17) is 4.74 Å². The summed E-state index contributed by atoms with van der Waals surface area (Å²) in [5.74, 6) is 0.0935. The van der Waals surface area contributed by atoms with Crippen LogP contribution in [0.4, 0.5) is 5.69 Å². The summed E-state index contributed by atoms with van der Waals surface area (Å²) in [5.41, 5.74) is 0.759. The molecule has 0 aromatic heterocycles. The molecular weight excluding hydrogens is 316 g/mol. The summed E-state index contributed by atoms with van der Waals surface area (Å²) in [5, 5.41) is 0. The van der Waals surface area contributed by atoms with Crippen LogP contribution in [0.1, 0.15) is 26.7 Å². The van der Waals surface area contributed by atoms with Crippen LogP contribution in [-0.4, -0.2) is 50.5 Å². The van der Waals surface area contributed by atoms with Crippen molar-refractivity contribution < 1.29 is 17.9 Å². The third-order valence-electron chi connectivity index (χ3n) is 4.38. The van der Waals surface area contributed by atoms with Gasteiger partial charge in [0.05, 0.1) is 18.1 Å². The molecule has 0 bridgehead atoms. The van der Waals surface area contributed by atoms with Gasteiger partial charge < -0.3 is 9.64 Å². The minimum absolute atomic E-state index is 0.0935. The van der Waals surface area contributed by atoms with Gasteiger partial charge in [-0.1, -0.05) is 0 Å². The Labute approximate surface area is 137 Å². The highest BCUT2D eigenvalue weighted by Crippen LogP contribution is 2.27. The SMILES string of the molecule is CC1COCC(C)N1S(=O)(=O)c1ccc(N2CCCC2=O)cc1. The molecule has 2 saturated heterocycles. The monoisotopic (exact) mass is 338 g/mol. The average molecular weight is 338 g/mol. The predicted molar refractivity (Wildman–Crippen MR) is 86.8 cm³/mol. The van der Waals surface area contributed by atoms with Crippen LogP contribution in [0.15, 0.2) is 29.2 Å². The normalized spacial score (nSPS) is 26.7. The lowest BCUT2D eigenvalue weighted by Gasteiger charge is -2.37. The Hall–Kier alpha value is -1.44. The van der Waals surface area contributed by atoms with E-state index in [0.29, 0.717) is 26.2 Å². The summed E-state index contributed by atoms with van der Waals surface area (Å²) in [7, 11) is -3.56. The second-order valence-corrected chi connectivity index (χ2v) is 8.06. The number of carbonyl (C=O) groups excluding carboxylic acids is 1. The minimum Gasteiger partial charge on any atom is -0.378 e. The van der Waals surface area contributed by atoms with Gasteiger partial charge >= 0.3 is 0 Å². The molecule has 23 heavy (non-hydrogen) atoms. The first-order valence-corrected chi connectivity index (χ1v) is 9.37. The number of sulfonamides is 1. The fourth-order valence-corrected chi connectivity index (χ4v) is 5.10. The van der Waals surface area contributed by atoms with E-state index >= 15 is 0 Å². The van der Waals surface area contributed by atoms with Crippen LogP contribution in [0.25, 0.3) is 0 Å². The lowest BCUT2D eigenvalue weighted by Crippen LogP contribution is -2.52. The molecule has 1 amide bonds. The highest BCUT2D eigenvalue weighted by Gasteiger charge is 2.36. The zero-order valence-electron chi connectivity index (χ0n) is 13.4. The van der Waals surface area contributed by atoms with Gasteiger partial charge in [-0.05, 0) is 44.5 Å². The molecule has 0 N–H and O–H groups in total. The second kappa shape index (κ2) is 6.22. The van der Waals surface area contributed by atoms with Crippen LogP contribution in [0.5, 0.6) is 0 Å². The van der Waals surface area contributed by atoms with Gasteiger partial charge in [0.2, 0.25) is 15.9 Å². The Morgan fingerprint density at radius 1 is 1.09 bits per heavy atom. The molecule has 2 fully saturated rings. The van der Waals surface area contributed by atoms with Crippen LogP contribution in [0, 0.1) is 0 Å². The van der Waals surface area contributed by atoms with Crippen molar-refractivity contribution in [2.75, 3.05) is 24.7 Å². The highest BCUT2D eigenvalue weighted by atomic mass is 32.2. The summed E-state index contributed by atoms with van der Waals surface area (Å²) in [4.78, 5) is 13.7. The van der Waals surface area contributed by atoms with E-state index in [1.54, 1.807) is 29.2 Å².